The molecule has 0 saturated heterocycles. The number of hydrogen-bond acceptors (Lipinski definition) is 4. The zero-order valence-electron chi connectivity index (χ0n) is 16.3. The van der Waals surface area contributed by atoms with Crippen LogP contribution in [0.2, 0.25) is 0 Å². The molecule has 4 nitrogen and oxygen atoms in total. The molecular formula is C24H22BrN3OS. The van der Waals surface area contributed by atoms with E-state index in [0.717, 1.165) is 34.1 Å². The largest absolute Gasteiger partial charge is 0.397 e. The molecule has 0 radical (unpaired) electrons. The summed E-state index contributed by atoms with van der Waals surface area (Å²) >= 11 is 5.01. The van der Waals surface area contributed by atoms with E-state index in [0.29, 0.717) is 16.3 Å². The highest BCUT2D eigenvalue weighted by Crippen LogP contribution is 2.28. The highest BCUT2D eigenvalue weighted by molar-refractivity contribution is 9.10. The van der Waals surface area contributed by atoms with Gasteiger partial charge in [-0.2, -0.15) is 0 Å². The van der Waals surface area contributed by atoms with Crippen molar-refractivity contribution in [1.82, 2.24) is 5.32 Å². The number of amides is 1. The number of nitrogen functional groups attached to an aromatic ring is 1. The Morgan fingerprint density at radius 2 is 1.83 bits per heavy atom. The Labute approximate surface area is 188 Å². The second-order valence-electron chi connectivity index (χ2n) is 7.08. The molecule has 0 aliphatic heterocycles. The number of para-hydroxylation sites is 2. The third kappa shape index (κ3) is 5.08. The molecule has 0 aliphatic carbocycles. The fourth-order valence-electron chi connectivity index (χ4n) is 3.25. The minimum absolute atomic E-state index is 0.133. The van der Waals surface area contributed by atoms with Gasteiger partial charge in [-0.1, -0.05) is 52.3 Å². The molecule has 0 spiro atoms. The van der Waals surface area contributed by atoms with Crippen LogP contribution in [0.1, 0.15) is 20.8 Å². The number of anilines is 2. The van der Waals surface area contributed by atoms with Gasteiger partial charge in [0.25, 0.3) is 5.91 Å². The van der Waals surface area contributed by atoms with Crippen LogP contribution in [0.3, 0.4) is 0 Å². The third-order valence-electron chi connectivity index (χ3n) is 4.83. The molecule has 0 saturated carbocycles. The number of fused-ring (bicyclic) bond motifs is 1. The van der Waals surface area contributed by atoms with Gasteiger partial charge in [0.1, 0.15) is 0 Å². The Kier molecular flexibility index (Phi) is 6.47. The number of carbonyl (C=O) groups excluding carboxylic acids is 1. The molecule has 6 heteroatoms. The fraction of sp³-hybridized carbons (Fsp3) is 0.125. The van der Waals surface area contributed by atoms with Crippen molar-refractivity contribution in [2.45, 2.75) is 13.0 Å². The summed E-state index contributed by atoms with van der Waals surface area (Å²) < 4.78 is 2.21. The van der Waals surface area contributed by atoms with Crippen LogP contribution >= 0.6 is 27.3 Å². The first kappa shape index (κ1) is 20.6. The topological polar surface area (TPSA) is 67.1 Å². The molecule has 3 aromatic carbocycles. The zero-order chi connectivity index (χ0) is 20.9. The summed E-state index contributed by atoms with van der Waals surface area (Å²) in [6, 6.07) is 23.9. The lowest BCUT2D eigenvalue weighted by atomic mass is 10.1. The van der Waals surface area contributed by atoms with E-state index in [4.69, 9.17) is 5.73 Å². The highest BCUT2D eigenvalue weighted by atomic mass is 79.9. The summed E-state index contributed by atoms with van der Waals surface area (Å²) in [5, 5.41) is 7.47. The maximum absolute atomic E-state index is 12.6. The molecule has 30 heavy (non-hydrogen) atoms. The average molecular weight is 480 g/mol. The first-order valence-corrected chi connectivity index (χ1v) is 11.3. The quantitative estimate of drug-likeness (QED) is 0.230. The Bertz CT molecular complexity index is 1190. The van der Waals surface area contributed by atoms with Crippen LogP contribution in [0.5, 0.6) is 0 Å². The van der Waals surface area contributed by atoms with Gasteiger partial charge < -0.3 is 16.4 Å². The lowest BCUT2D eigenvalue weighted by Crippen LogP contribution is -2.16. The van der Waals surface area contributed by atoms with Gasteiger partial charge >= 0.3 is 0 Å². The Morgan fingerprint density at radius 1 is 0.967 bits per heavy atom. The number of hydrogen-bond donors (Lipinski definition) is 3. The summed E-state index contributed by atoms with van der Waals surface area (Å²) in [5.41, 5.74) is 9.63. The molecule has 0 fully saturated rings. The van der Waals surface area contributed by atoms with Crippen molar-refractivity contribution in [3.05, 3.63) is 93.3 Å². The Balaban J connectivity index is 1.37. The first-order valence-electron chi connectivity index (χ1n) is 9.72. The number of nitrogens with two attached hydrogens (primary N) is 1. The maximum atomic E-state index is 12.6. The second kappa shape index (κ2) is 9.43. The van der Waals surface area contributed by atoms with Gasteiger partial charge in [-0.05, 0) is 65.9 Å². The SMILES string of the molecule is Nc1ccccc1NC(=O)c1cc2ccc(CCNCc3cccc(Br)c3)cc2s1. The summed E-state index contributed by atoms with van der Waals surface area (Å²) in [6.45, 7) is 1.73. The molecule has 1 amide bonds. The number of halogens is 1. The van der Waals surface area contributed by atoms with Crippen molar-refractivity contribution in [3.8, 4) is 0 Å². The molecule has 1 heterocycles. The van der Waals surface area contributed by atoms with Crippen molar-refractivity contribution in [3.63, 3.8) is 0 Å². The van der Waals surface area contributed by atoms with Crippen molar-refractivity contribution >= 4 is 54.6 Å². The Morgan fingerprint density at radius 3 is 2.67 bits per heavy atom. The predicted molar refractivity (Wildman–Crippen MR) is 130 cm³/mol. The lowest BCUT2D eigenvalue weighted by Gasteiger charge is -2.06. The standard InChI is InChI=1S/C24H22BrN3OS/c25-19-5-3-4-17(12-19)15-27-11-10-16-8-9-18-14-23(30-22(18)13-16)24(29)28-21-7-2-1-6-20(21)26/h1-9,12-14,27H,10-11,15,26H2,(H,28,29). The van der Waals surface area contributed by atoms with Crippen molar-refractivity contribution in [2.24, 2.45) is 0 Å². The van der Waals surface area contributed by atoms with Gasteiger partial charge in [-0.25, -0.2) is 0 Å². The van der Waals surface area contributed by atoms with Crippen molar-refractivity contribution in [2.75, 3.05) is 17.6 Å². The Hall–Kier alpha value is -2.67. The van der Waals surface area contributed by atoms with E-state index < -0.39 is 0 Å². The van der Waals surface area contributed by atoms with Crippen LogP contribution in [-0.4, -0.2) is 12.5 Å². The molecule has 1 aromatic heterocycles. The van der Waals surface area contributed by atoms with E-state index in [1.54, 1.807) is 12.1 Å². The van der Waals surface area contributed by atoms with Crippen LogP contribution < -0.4 is 16.4 Å². The minimum Gasteiger partial charge on any atom is -0.397 e. The zero-order valence-corrected chi connectivity index (χ0v) is 18.7. The van der Waals surface area contributed by atoms with E-state index in [2.05, 4.69) is 56.9 Å². The smallest absolute Gasteiger partial charge is 0.265 e. The summed E-state index contributed by atoms with van der Waals surface area (Å²) in [6.07, 6.45) is 0.934. The van der Waals surface area contributed by atoms with E-state index in [1.807, 2.05) is 30.3 Å². The molecule has 0 bridgehead atoms. The third-order valence-corrected chi connectivity index (χ3v) is 6.42. The molecule has 152 valence electrons. The number of carbonyl (C=O) groups is 1. The first-order chi connectivity index (χ1) is 14.6. The molecule has 4 N–H and O–H groups in total. The van der Waals surface area contributed by atoms with Crippen LogP contribution in [0.25, 0.3) is 10.1 Å². The fourth-order valence-corrected chi connectivity index (χ4v) is 4.72. The van der Waals surface area contributed by atoms with Crippen molar-refractivity contribution < 1.29 is 4.79 Å². The monoisotopic (exact) mass is 479 g/mol. The molecule has 0 unspecified atom stereocenters. The van der Waals surface area contributed by atoms with Crippen LogP contribution in [0, 0.1) is 0 Å². The molecule has 4 rings (SSSR count). The highest BCUT2D eigenvalue weighted by Gasteiger charge is 2.12. The van der Waals surface area contributed by atoms with Crippen LogP contribution in [0.15, 0.2) is 77.3 Å². The molecule has 4 aromatic rings. The second-order valence-corrected chi connectivity index (χ2v) is 9.08. The number of thiophene rings is 1. The lowest BCUT2D eigenvalue weighted by molar-refractivity contribution is 0.103. The molecular weight excluding hydrogens is 458 g/mol. The van der Waals surface area contributed by atoms with Gasteiger partial charge in [0.15, 0.2) is 0 Å². The van der Waals surface area contributed by atoms with E-state index in [-0.39, 0.29) is 5.91 Å². The molecule has 0 aliphatic rings. The van der Waals surface area contributed by atoms with Gasteiger partial charge in [-0.15, -0.1) is 11.3 Å². The summed E-state index contributed by atoms with van der Waals surface area (Å²) in [5.74, 6) is -0.133. The number of rotatable bonds is 7. The van der Waals surface area contributed by atoms with Gasteiger partial charge in [0.05, 0.1) is 16.3 Å². The predicted octanol–water partition coefficient (Wildman–Crippen LogP) is 5.83. The van der Waals surface area contributed by atoms with Gasteiger partial charge in [0.2, 0.25) is 0 Å². The summed E-state index contributed by atoms with van der Waals surface area (Å²) in [4.78, 5) is 13.3. The van der Waals surface area contributed by atoms with Crippen LogP contribution in [-0.2, 0) is 13.0 Å². The minimum atomic E-state index is -0.133. The van der Waals surface area contributed by atoms with Gasteiger partial charge in [0, 0.05) is 15.7 Å². The summed E-state index contributed by atoms with van der Waals surface area (Å²) in [7, 11) is 0. The normalized spacial score (nSPS) is 11.0. The number of nitrogens with one attached hydrogen (secondary N) is 2. The van der Waals surface area contributed by atoms with E-state index in [9.17, 15) is 4.79 Å². The number of benzene rings is 3. The molecule has 0 atom stereocenters. The van der Waals surface area contributed by atoms with E-state index in [1.165, 1.54) is 22.5 Å². The van der Waals surface area contributed by atoms with Crippen LogP contribution in [0.4, 0.5) is 11.4 Å². The van der Waals surface area contributed by atoms with Crippen molar-refractivity contribution in [1.29, 1.82) is 0 Å². The average Bonchev–Trinajstić information content (AvgIpc) is 3.17. The van der Waals surface area contributed by atoms with Gasteiger partial charge in [-0.3, -0.25) is 4.79 Å². The maximum Gasteiger partial charge on any atom is 0.265 e. The van der Waals surface area contributed by atoms with E-state index >= 15 is 0 Å².